The molecule has 4 rings (SSSR count). The molecule has 8 heteroatoms. The van der Waals surface area contributed by atoms with E-state index in [1.54, 1.807) is 31.3 Å². The second-order valence-electron chi connectivity index (χ2n) is 7.94. The number of nitrogens with zero attached hydrogens (tertiary/aromatic N) is 2. The Kier molecular flexibility index (Phi) is 6.53. The third-order valence-corrected chi connectivity index (χ3v) is 6.05. The van der Waals surface area contributed by atoms with Crippen molar-refractivity contribution in [3.8, 4) is 11.5 Å². The summed E-state index contributed by atoms with van der Waals surface area (Å²) in [5.41, 5.74) is 2.55. The van der Waals surface area contributed by atoms with Crippen molar-refractivity contribution in [2.75, 3.05) is 32.2 Å². The highest BCUT2D eigenvalue weighted by molar-refractivity contribution is 6.14. The van der Waals surface area contributed by atoms with E-state index in [1.165, 1.54) is 12.1 Å². The van der Waals surface area contributed by atoms with Crippen LogP contribution in [0.25, 0.3) is 10.9 Å². The van der Waals surface area contributed by atoms with Gasteiger partial charge in [-0.15, -0.1) is 0 Å². The van der Waals surface area contributed by atoms with Gasteiger partial charge in [-0.05, 0) is 49.6 Å². The topological polar surface area (TPSA) is 72.8 Å². The molecule has 1 aliphatic rings. The number of hydrogen-bond acceptors (Lipinski definition) is 4. The van der Waals surface area contributed by atoms with Gasteiger partial charge in [0.05, 0.1) is 25.4 Å². The van der Waals surface area contributed by atoms with Crippen molar-refractivity contribution in [1.82, 2.24) is 9.88 Å². The number of carbonyl (C=O) groups is 2. The van der Waals surface area contributed by atoms with Crippen molar-refractivity contribution >= 4 is 28.4 Å². The van der Waals surface area contributed by atoms with E-state index in [0.717, 1.165) is 11.1 Å². The molecule has 0 spiro atoms. The highest BCUT2D eigenvalue weighted by Crippen LogP contribution is 2.37. The molecule has 0 atom stereocenters. The summed E-state index contributed by atoms with van der Waals surface area (Å²) in [6.07, 6.45) is 1.69. The maximum absolute atomic E-state index is 14.1. The quantitative estimate of drug-likeness (QED) is 0.561. The van der Waals surface area contributed by atoms with Gasteiger partial charge >= 0.3 is 0 Å². The summed E-state index contributed by atoms with van der Waals surface area (Å²) < 4.78 is 26.6. The van der Waals surface area contributed by atoms with Crippen LogP contribution in [0, 0.1) is 5.82 Å². The Morgan fingerprint density at radius 2 is 1.97 bits per heavy atom. The molecule has 1 saturated heterocycles. The second kappa shape index (κ2) is 9.52. The van der Waals surface area contributed by atoms with Crippen molar-refractivity contribution in [1.29, 1.82) is 0 Å². The van der Waals surface area contributed by atoms with Gasteiger partial charge in [0, 0.05) is 37.5 Å². The van der Waals surface area contributed by atoms with Crippen LogP contribution in [0.15, 0.2) is 36.4 Å². The Balaban J connectivity index is 1.65. The van der Waals surface area contributed by atoms with Gasteiger partial charge in [0.25, 0.3) is 5.91 Å². The smallest absolute Gasteiger partial charge is 0.270 e. The Hall–Kier alpha value is -3.55. The average molecular weight is 454 g/mol. The lowest BCUT2D eigenvalue weighted by Gasteiger charge is -2.18. The van der Waals surface area contributed by atoms with Crippen LogP contribution in [0.3, 0.4) is 0 Å². The number of aryl methyl sites for hydroxylation is 1. The van der Waals surface area contributed by atoms with Crippen LogP contribution < -0.4 is 19.7 Å². The minimum Gasteiger partial charge on any atom is -0.497 e. The van der Waals surface area contributed by atoms with Crippen LogP contribution in [-0.2, 0) is 17.8 Å². The molecule has 2 amide bonds. The number of aromatic nitrogens is 1. The number of benzene rings is 2. The maximum atomic E-state index is 14.1. The first-order valence-corrected chi connectivity index (χ1v) is 11.1. The van der Waals surface area contributed by atoms with E-state index in [9.17, 15) is 14.0 Å². The van der Waals surface area contributed by atoms with E-state index in [2.05, 4.69) is 5.32 Å². The molecule has 0 bridgehead atoms. The average Bonchev–Trinajstić information content (AvgIpc) is 3.38. The summed E-state index contributed by atoms with van der Waals surface area (Å²) in [6.45, 7) is 3.33. The standard InChI is InChI=1S/C25H28FN3O4/c1-4-28-20-10-8-17(26)14-19(20)23(29-13-5-6-22(29)30)24(28)25(31)27-12-11-16-7-9-18(32-2)15-21(16)33-3/h7-10,14-15H,4-6,11-13H2,1-3H3,(H,27,31). The highest BCUT2D eigenvalue weighted by Gasteiger charge is 2.31. The second-order valence-corrected chi connectivity index (χ2v) is 7.94. The van der Waals surface area contributed by atoms with Gasteiger partial charge in [0.15, 0.2) is 0 Å². The number of rotatable bonds is 8. The lowest BCUT2D eigenvalue weighted by atomic mass is 10.1. The first kappa shape index (κ1) is 22.6. The zero-order valence-electron chi connectivity index (χ0n) is 19.1. The predicted molar refractivity (Wildman–Crippen MR) is 125 cm³/mol. The van der Waals surface area contributed by atoms with E-state index in [1.807, 2.05) is 23.6 Å². The van der Waals surface area contributed by atoms with Crippen LogP contribution in [0.1, 0.15) is 35.8 Å². The van der Waals surface area contributed by atoms with Crippen molar-refractivity contribution in [3.05, 3.63) is 53.5 Å². The molecule has 174 valence electrons. The summed E-state index contributed by atoms with van der Waals surface area (Å²) in [5, 5.41) is 3.56. The van der Waals surface area contributed by atoms with Crippen molar-refractivity contribution in [2.24, 2.45) is 0 Å². The normalized spacial score (nSPS) is 13.6. The molecule has 33 heavy (non-hydrogen) atoms. The molecule has 2 aromatic carbocycles. The summed E-state index contributed by atoms with van der Waals surface area (Å²) in [6, 6.07) is 10.0. The molecule has 1 aliphatic heterocycles. The Bertz CT molecular complexity index is 1200. The number of carbonyl (C=O) groups excluding carboxylic acids is 2. The van der Waals surface area contributed by atoms with E-state index in [-0.39, 0.29) is 11.8 Å². The molecule has 1 aromatic heterocycles. The van der Waals surface area contributed by atoms with Gasteiger partial charge < -0.3 is 24.3 Å². The summed E-state index contributed by atoms with van der Waals surface area (Å²) in [4.78, 5) is 27.6. The van der Waals surface area contributed by atoms with Crippen molar-refractivity contribution in [2.45, 2.75) is 32.7 Å². The number of amides is 2. The lowest BCUT2D eigenvalue weighted by molar-refractivity contribution is -0.117. The zero-order chi connectivity index (χ0) is 23.5. The fraction of sp³-hybridized carbons (Fsp3) is 0.360. The molecule has 1 fully saturated rings. The molecule has 0 aliphatic carbocycles. The minimum atomic E-state index is -0.401. The first-order valence-electron chi connectivity index (χ1n) is 11.1. The number of nitrogens with one attached hydrogen (secondary N) is 1. The van der Waals surface area contributed by atoms with E-state index < -0.39 is 5.82 Å². The number of anilines is 1. The number of ether oxygens (including phenoxy) is 2. The van der Waals surface area contributed by atoms with E-state index in [4.69, 9.17) is 9.47 Å². The van der Waals surface area contributed by atoms with Gasteiger partial charge in [-0.3, -0.25) is 9.59 Å². The molecule has 1 N–H and O–H groups in total. The Labute approximate surface area is 192 Å². The molecular formula is C25H28FN3O4. The minimum absolute atomic E-state index is 0.0496. The molecular weight excluding hydrogens is 425 g/mol. The van der Waals surface area contributed by atoms with Gasteiger partial charge in [0.2, 0.25) is 5.91 Å². The highest BCUT2D eigenvalue weighted by atomic mass is 19.1. The monoisotopic (exact) mass is 453 g/mol. The third-order valence-electron chi connectivity index (χ3n) is 6.05. The largest absolute Gasteiger partial charge is 0.497 e. The lowest BCUT2D eigenvalue weighted by Crippen LogP contribution is -2.32. The van der Waals surface area contributed by atoms with Gasteiger partial charge in [-0.1, -0.05) is 6.07 Å². The molecule has 0 saturated carbocycles. The number of fused-ring (bicyclic) bond motifs is 1. The fourth-order valence-electron chi connectivity index (χ4n) is 4.48. The van der Waals surface area contributed by atoms with Crippen molar-refractivity contribution in [3.63, 3.8) is 0 Å². The molecule has 7 nitrogen and oxygen atoms in total. The van der Waals surface area contributed by atoms with Gasteiger partial charge in [-0.2, -0.15) is 0 Å². The maximum Gasteiger partial charge on any atom is 0.270 e. The van der Waals surface area contributed by atoms with Gasteiger partial charge in [-0.25, -0.2) is 4.39 Å². The van der Waals surface area contributed by atoms with Crippen LogP contribution in [0.5, 0.6) is 11.5 Å². The molecule has 2 heterocycles. The number of hydrogen-bond donors (Lipinski definition) is 1. The molecule has 0 radical (unpaired) electrons. The van der Waals surface area contributed by atoms with Crippen LogP contribution in [0.2, 0.25) is 0 Å². The van der Waals surface area contributed by atoms with E-state index >= 15 is 0 Å². The SMILES string of the molecule is CCn1c(C(=O)NCCc2ccc(OC)cc2OC)c(N2CCCC2=O)c2cc(F)ccc21. The molecule has 0 unspecified atom stereocenters. The Morgan fingerprint density at radius 3 is 2.64 bits per heavy atom. The Morgan fingerprint density at radius 1 is 1.15 bits per heavy atom. The number of halogens is 1. The number of methoxy groups -OCH3 is 2. The van der Waals surface area contributed by atoms with Crippen LogP contribution >= 0.6 is 0 Å². The van der Waals surface area contributed by atoms with E-state index in [0.29, 0.717) is 67.2 Å². The predicted octanol–water partition coefficient (Wildman–Crippen LogP) is 3.92. The first-order chi connectivity index (χ1) is 16.0. The zero-order valence-corrected chi connectivity index (χ0v) is 19.1. The summed E-state index contributed by atoms with van der Waals surface area (Å²) in [7, 11) is 3.19. The van der Waals surface area contributed by atoms with Crippen LogP contribution in [0.4, 0.5) is 10.1 Å². The van der Waals surface area contributed by atoms with Gasteiger partial charge in [0.1, 0.15) is 23.0 Å². The van der Waals surface area contributed by atoms with Crippen molar-refractivity contribution < 1.29 is 23.5 Å². The summed E-state index contributed by atoms with van der Waals surface area (Å²) >= 11 is 0. The summed E-state index contributed by atoms with van der Waals surface area (Å²) in [5.74, 6) is 0.633. The van der Waals surface area contributed by atoms with Crippen LogP contribution in [-0.4, -0.2) is 43.7 Å². The molecule has 3 aromatic rings. The third kappa shape index (κ3) is 4.25. The fourth-order valence-corrected chi connectivity index (χ4v) is 4.48.